The van der Waals surface area contributed by atoms with E-state index in [2.05, 4.69) is 9.72 Å². The van der Waals surface area contributed by atoms with Gasteiger partial charge in [-0.3, -0.25) is 0 Å². The summed E-state index contributed by atoms with van der Waals surface area (Å²) in [6.45, 7) is 0. The largest absolute Gasteiger partial charge is 0.481 e. The molecular weight excluding hydrogens is 177 g/mol. The molecule has 0 aliphatic carbocycles. The van der Waals surface area contributed by atoms with Crippen molar-refractivity contribution in [2.75, 3.05) is 14.2 Å². The van der Waals surface area contributed by atoms with Crippen LogP contribution in [0, 0.1) is 5.82 Å². The third-order valence-corrected chi connectivity index (χ3v) is 1.41. The van der Waals surface area contributed by atoms with Crippen molar-refractivity contribution in [2.45, 2.75) is 0 Å². The van der Waals surface area contributed by atoms with Crippen LogP contribution < -0.4 is 4.74 Å². The highest BCUT2D eigenvalue weighted by Crippen LogP contribution is 2.11. The van der Waals surface area contributed by atoms with E-state index in [1.165, 1.54) is 13.2 Å². The molecule has 4 nitrogen and oxygen atoms in total. The Balaban J connectivity index is 3.11. The second-order valence-electron chi connectivity index (χ2n) is 2.18. The highest BCUT2D eigenvalue weighted by atomic mass is 19.1. The summed E-state index contributed by atoms with van der Waals surface area (Å²) in [6, 6.07) is 2.42. The van der Waals surface area contributed by atoms with Gasteiger partial charge >= 0.3 is 5.97 Å². The monoisotopic (exact) mass is 185 g/mol. The lowest BCUT2D eigenvalue weighted by Gasteiger charge is -2.02. The zero-order valence-electron chi connectivity index (χ0n) is 7.20. The quantitative estimate of drug-likeness (QED) is 0.645. The van der Waals surface area contributed by atoms with Crippen LogP contribution in [0.5, 0.6) is 5.88 Å². The van der Waals surface area contributed by atoms with Crippen LogP contribution in [0.25, 0.3) is 0 Å². The number of halogens is 1. The Bertz CT molecular complexity index is 327. The predicted molar refractivity (Wildman–Crippen MR) is 42.1 cm³/mol. The molecule has 0 radical (unpaired) electrons. The van der Waals surface area contributed by atoms with Gasteiger partial charge in [-0.25, -0.2) is 14.2 Å². The van der Waals surface area contributed by atoms with E-state index in [0.717, 1.165) is 13.2 Å². The van der Waals surface area contributed by atoms with Crippen molar-refractivity contribution >= 4 is 5.97 Å². The van der Waals surface area contributed by atoms with Crippen LogP contribution in [-0.2, 0) is 4.74 Å². The molecule has 70 valence electrons. The van der Waals surface area contributed by atoms with Gasteiger partial charge in [0.2, 0.25) is 5.88 Å². The number of esters is 1. The molecule has 0 aliphatic rings. The number of hydrogen-bond acceptors (Lipinski definition) is 4. The molecule has 0 unspecified atom stereocenters. The molecule has 5 heteroatoms. The van der Waals surface area contributed by atoms with Crippen molar-refractivity contribution in [1.82, 2.24) is 4.98 Å². The molecule has 1 aromatic rings. The van der Waals surface area contributed by atoms with Crippen molar-refractivity contribution in [3.63, 3.8) is 0 Å². The van der Waals surface area contributed by atoms with Gasteiger partial charge in [0.15, 0.2) is 11.5 Å². The molecule has 0 aliphatic heterocycles. The number of carbonyl (C=O) groups is 1. The number of rotatable bonds is 2. The summed E-state index contributed by atoms with van der Waals surface area (Å²) >= 11 is 0. The smallest absolute Gasteiger partial charge is 0.359 e. The molecule has 0 bridgehead atoms. The van der Waals surface area contributed by atoms with Crippen LogP contribution in [0.2, 0.25) is 0 Å². The molecule has 0 aromatic carbocycles. The highest BCUT2D eigenvalue weighted by molar-refractivity contribution is 5.87. The van der Waals surface area contributed by atoms with Gasteiger partial charge < -0.3 is 9.47 Å². The standard InChI is InChI=1S/C8H8FNO3/c1-12-6-4-3-5(9)7(10-6)8(11)13-2/h3-4H,1-2H3. The van der Waals surface area contributed by atoms with E-state index in [-0.39, 0.29) is 11.6 Å². The summed E-state index contributed by atoms with van der Waals surface area (Å²) in [5, 5.41) is 0. The number of carbonyl (C=O) groups excluding carboxylic acids is 1. The predicted octanol–water partition coefficient (Wildman–Crippen LogP) is 1.02. The van der Waals surface area contributed by atoms with Crippen molar-refractivity contribution in [3.05, 3.63) is 23.6 Å². The first-order valence-corrected chi connectivity index (χ1v) is 3.48. The van der Waals surface area contributed by atoms with Gasteiger partial charge in [0.25, 0.3) is 0 Å². The van der Waals surface area contributed by atoms with Gasteiger partial charge in [0.1, 0.15) is 0 Å². The summed E-state index contributed by atoms with van der Waals surface area (Å²) in [5.41, 5.74) is -0.373. The highest BCUT2D eigenvalue weighted by Gasteiger charge is 2.14. The van der Waals surface area contributed by atoms with E-state index in [1.807, 2.05) is 0 Å². The first-order chi connectivity index (χ1) is 6.19. The minimum atomic E-state index is -0.823. The number of nitrogens with zero attached hydrogens (tertiary/aromatic N) is 1. The fourth-order valence-corrected chi connectivity index (χ4v) is 0.778. The summed E-state index contributed by atoms with van der Waals surface area (Å²) < 4.78 is 22.0. The van der Waals surface area contributed by atoms with Crippen LogP contribution in [0.4, 0.5) is 4.39 Å². The van der Waals surface area contributed by atoms with Gasteiger partial charge in [0.05, 0.1) is 14.2 Å². The topological polar surface area (TPSA) is 48.4 Å². The molecule has 1 heterocycles. The maximum Gasteiger partial charge on any atom is 0.359 e. The average Bonchev–Trinajstić information content (AvgIpc) is 2.17. The van der Waals surface area contributed by atoms with Crippen molar-refractivity contribution in [2.24, 2.45) is 0 Å². The maximum absolute atomic E-state index is 12.9. The first kappa shape index (κ1) is 9.44. The summed E-state index contributed by atoms with van der Waals surface area (Å²) in [6.07, 6.45) is 0. The van der Waals surface area contributed by atoms with Gasteiger partial charge in [-0.1, -0.05) is 0 Å². The zero-order chi connectivity index (χ0) is 9.84. The van der Waals surface area contributed by atoms with E-state index in [1.54, 1.807) is 0 Å². The molecule has 1 rings (SSSR count). The molecule has 0 fully saturated rings. The summed E-state index contributed by atoms with van der Waals surface area (Å²) in [5.74, 6) is -1.38. The van der Waals surface area contributed by atoms with E-state index < -0.39 is 11.8 Å². The maximum atomic E-state index is 12.9. The van der Waals surface area contributed by atoms with E-state index in [4.69, 9.17) is 4.74 Å². The second kappa shape index (κ2) is 3.84. The number of pyridine rings is 1. The fraction of sp³-hybridized carbons (Fsp3) is 0.250. The fourth-order valence-electron chi connectivity index (χ4n) is 0.778. The Kier molecular flexibility index (Phi) is 2.79. The van der Waals surface area contributed by atoms with Gasteiger partial charge in [-0.2, -0.15) is 0 Å². The lowest BCUT2D eigenvalue weighted by atomic mass is 10.3. The lowest BCUT2D eigenvalue weighted by Crippen LogP contribution is -2.08. The molecule has 0 spiro atoms. The molecule has 0 N–H and O–H groups in total. The Labute approximate surface area is 74.3 Å². The third-order valence-electron chi connectivity index (χ3n) is 1.41. The summed E-state index contributed by atoms with van der Waals surface area (Å²) in [7, 11) is 2.53. The molecule has 0 amide bonds. The van der Waals surface area contributed by atoms with Crippen LogP contribution in [0.3, 0.4) is 0 Å². The minimum absolute atomic E-state index is 0.168. The van der Waals surface area contributed by atoms with Crippen LogP contribution >= 0.6 is 0 Å². The zero-order valence-corrected chi connectivity index (χ0v) is 7.20. The normalized spacial score (nSPS) is 9.46. The Hall–Kier alpha value is -1.65. The Morgan fingerprint density at radius 2 is 2.15 bits per heavy atom. The van der Waals surface area contributed by atoms with E-state index in [0.29, 0.717) is 0 Å². The second-order valence-corrected chi connectivity index (χ2v) is 2.18. The molecule has 0 atom stereocenters. The Morgan fingerprint density at radius 1 is 1.46 bits per heavy atom. The summed E-state index contributed by atoms with van der Waals surface area (Å²) in [4.78, 5) is 14.5. The minimum Gasteiger partial charge on any atom is -0.481 e. The van der Waals surface area contributed by atoms with Gasteiger partial charge in [0, 0.05) is 6.07 Å². The lowest BCUT2D eigenvalue weighted by molar-refractivity contribution is 0.0587. The van der Waals surface area contributed by atoms with E-state index >= 15 is 0 Å². The first-order valence-electron chi connectivity index (χ1n) is 3.48. The number of ether oxygens (including phenoxy) is 2. The van der Waals surface area contributed by atoms with Crippen molar-refractivity contribution in [1.29, 1.82) is 0 Å². The average molecular weight is 185 g/mol. The van der Waals surface area contributed by atoms with Gasteiger partial charge in [-0.05, 0) is 6.07 Å². The molecule has 0 saturated heterocycles. The van der Waals surface area contributed by atoms with E-state index in [9.17, 15) is 9.18 Å². The molecular formula is C8H8FNO3. The molecule has 13 heavy (non-hydrogen) atoms. The molecule has 1 aromatic heterocycles. The Morgan fingerprint density at radius 3 is 2.69 bits per heavy atom. The van der Waals surface area contributed by atoms with Crippen LogP contribution in [0.15, 0.2) is 12.1 Å². The number of hydrogen-bond donors (Lipinski definition) is 0. The number of methoxy groups -OCH3 is 2. The molecule has 0 saturated carbocycles. The SMILES string of the molecule is COC(=O)c1nc(OC)ccc1F. The van der Waals surface area contributed by atoms with Crippen LogP contribution in [-0.4, -0.2) is 25.2 Å². The van der Waals surface area contributed by atoms with Crippen LogP contribution in [0.1, 0.15) is 10.5 Å². The van der Waals surface area contributed by atoms with Gasteiger partial charge in [-0.15, -0.1) is 0 Å². The number of aromatic nitrogens is 1. The third kappa shape index (κ3) is 1.93. The van der Waals surface area contributed by atoms with Crippen molar-refractivity contribution < 1.29 is 18.7 Å². The van der Waals surface area contributed by atoms with Crippen molar-refractivity contribution in [3.8, 4) is 5.88 Å².